The Balaban J connectivity index is 2.37. The number of rotatable bonds is 1. The summed E-state index contributed by atoms with van der Waals surface area (Å²) in [5.41, 5.74) is 1.18. The minimum absolute atomic E-state index is 0.145. The van der Waals surface area contributed by atoms with Gasteiger partial charge in [0.2, 0.25) is 5.12 Å². The maximum atomic E-state index is 11.1. The zero-order valence-electron chi connectivity index (χ0n) is 7.36. The molecule has 1 atom stereocenters. The summed E-state index contributed by atoms with van der Waals surface area (Å²) in [6.45, 7) is 2.06. The standard InChI is InChI=1S/C11H10OS/c1-11(8-7-10(12)13-11)9-5-3-2-4-6-9/h2-8H,1H3. The Labute approximate surface area is 81.8 Å². The molecule has 0 spiro atoms. The average Bonchev–Trinajstić information content (AvgIpc) is 2.49. The lowest BCUT2D eigenvalue weighted by Gasteiger charge is -2.19. The zero-order valence-corrected chi connectivity index (χ0v) is 8.17. The van der Waals surface area contributed by atoms with Crippen LogP contribution in [-0.2, 0) is 9.54 Å². The minimum Gasteiger partial charge on any atom is -0.282 e. The van der Waals surface area contributed by atoms with Gasteiger partial charge in [0.25, 0.3) is 0 Å². The van der Waals surface area contributed by atoms with Crippen LogP contribution in [0, 0.1) is 0 Å². The highest BCUT2D eigenvalue weighted by Crippen LogP contribution is 2.42. The Morgan fingerprint density at radius 1 is 1.23 bits per heavy atom. The highest BCUT2D eigenvalue weighted by Gasteiger charge is 2.31. The number of thioether (sulfide) groups is 1. The van der Waals surface area contributed by atoms with Gasteiger partial charge in [-0.1, -0.05) is 48.2 Å². The molecule has 0 N–H and O–H groups in total. The fourth-order valence-electron chi connectivity index (χ4n) is 1.43. The Morgan fingerprint density at radius 2 is 1.92 bits per heavy atom. The van der Waals surface area contributed by atoms with E-state index >= 15 is 0 Å². The first kappa shape index (κ1) is 8.57. The van der Waals surface area contributed by atoms with Crippen molar-refractivity contribution in [3.05, 3.63) is 48.0 Å². The van der Waals surface area contributed by atoms with Gasteiger partial charge in [-0.2, -0.15) is 0 Å². The van der Waals surface area contributed by atoms with Gasteiger partial charge in [0.05, 0.1) is 4.75 Å². The summed E-state index contributed by atoms with van der Waals surface area (Å²) in [4.78, 5) is 11.1. The first-order valence-electron chi connectivity index (χ1n) is 4.18. The molecule has 0 radical (unpaired) electrons. The number of hydrogen-bond acceptors (Lipinski definition) is 2. The van der Waals surface area contributed by atoms with Crippen LogP contribution in [0.25, 0.3) is 0 Å². The molecule has 66 valence electrons. The molecule has 1 aliphatic heterocycles. The van der Waals surface area contributed by atoms with Crippen molar-refractivity contribution in [2.45, 2.75) is 11.7 Å². The highest BCUT2D eigenvalue weighted by molar-refractivity contribution is 8.15. The molecule has 1 aromatic rings. The van der Waals surface area contributed by atoms with Crippen LogP contribution >= 0.6 is 11.8 Å². The van der Waals surface area contributed by atoms with Crippen molar-refractivity contribution < 1.29 is 4.79 Å². The molecule has 1 nitrogen and oxygen atoms in total. The molecule has 0 saturated heterocycles. The van der Waals surface area contributed by atoms with Gasteiger partial charge in [-0.3, -0.25) is 4.79 Å². The van der Waals surface area contributed by atoms with Crippen molar-refractivity contribution in [2.24, 2.45) is 0 Å². The summed E-state index contributed by atoms with van der Waals surface area (Å²) in [7, 11) is 0. The normalized spacial score (nSPS) is 26.7. The monoisotopic (exact) mass is 190 g/mol. The number of benzene rings is 1. The van der Waals surface area contributed by atoms with Crippen molar-refractivity contribution in [3.63, 3.8) is 0 Å². The molecular formula is C11H10OS. The lowest BCUT2D eigenvalue weighted by molar-refractivity contribution is -0.106. The van der Waals surface area contributed by atoms with Crippen molar-refractivity contribution in [3.8, 4) is 0 Å². The van der Waals surface area contributed by atoms with E-state index < -0.39 is 0 Å². The van der Waals surface area contributed by atoms with Gasteiger partial charge in [-0.25, -0.2) is 0 Å². The number of carbonyl (C=O) groups excluding carboxylic acids is 1. The van der Waals surface area contributed by atoms with E-state index in [2.05, 4.69) is 19.1 Å². The van der Waals surface area contributed by atoms with E-state index in [-0.39, 0.29) is 9.86 Å². The van der Waals surface area contributed by atoms with Crippen LogP contribution < -0.4 is 0 Å². The zero-order chi connectivity index (χ0) is 9.31. The molecule has 0 amide bonds. The van der Waals surface area contributed by atoms with Gasteiger partial charge in [0.15, 0.2) is 0 Å². The van der Waals surface area contributed by atoms with Gasteiger partial charge in [-0.05, 0) is 18.6 Å². The van der Waals surface area contributed by atoms with Crippen LogP contribution in [0.4, 0.5) is 0 Å². The first-order chi connectivity index (χ1) is 6.21. The first-order valence-corrected chi connectivity index (χ1v) is 5.00. The predicted molar refractivity (Wildman–Crippen MR) is 55.5 cm³/mol. The lowest BCUT2D eigenvalue weighted by Crippen LogP contribution is -2.11. The SMILES string of the molecule is CC1(c2ccccc2)C=CC(=O)S1. The molecule has 1 unspecified atom stereocenters. The van der Waals surface area contributed by atoms with E-state index in [1.807, 2.05) is 24.3 Å². The molecule has 13 heavy (non-hydrogen) atoms. The van der Waals surface area contributed by atoms with Crippen molar-refractivity contribution >= 4 is 16.9 Å². The molecule has 0 fully saturated rings. The van der Waals surface area contributed by atoms with Crippen LogP contribution in [0.5, 0.6) is 0 Å². The summed E-state index contributed by atoms with van der Waals surface area (Å²) in [5.74, 6) is 0. The fraction of sp³-hybridized carbons (Fsp3) is 0.182. The van der Waals surface area contributed by atoms with Crippen LogP contribution in [0.15, 0.2) is 42.5 Å². The Hall–Kier alpha value is -1.02. The summed E-state index contributed by atoms with van der Waals surface area (Å²) >= 11 is 1.37. The molecular weight excluding hydrogens is 180 g/mol. The molecule has 1 aliphatic rings. The van der Waals surface area contributed by atoms with E-state index in [9.17, 15) is 4.79 Å². The second-order valence-corrected chi connectivity index (χ2v) is 4.68. The molecule has 0 aliphatic carbocycles. The van der Waals surface area contributed by atoms with Gasteiger partial charge in [-0.15, -0.1) is 0 Å². The van der Waals surface area contributed by atoms with Crippen LogP contribution in [0.1, 0.15) is 12.5 Å². The predicted octanol–water partition coefficient (Wildman–Crippen LogP) is 2.73. The molecule has 1 heterocycles. The van der Waals surface area contributed by atoms with E-state index in [0.29, 0.717) is 0 Å². The van der Waals surface area contributed by atoms with Crippen molar-refractivity contribution in [2.75, 3.05) is 0 Å². The van der Waals surface area contributed by atoms with Crippen molar-refractivity contribution in [1.29, 1.82) is 0 Å². The highest BCUT2D eigenvalue weighted by atomic mass is 32.2. The maximum absolute atomic E-state index is 11.1. The molecule has 0 bridgehead atoms. The van der Waals surface area contributed by atoms with Gasteiger partial charge >= 0.3 is 0 Å². The van der Waals surface area contributed by atoms with Crippen molar-refractivity contribution in [1.82, 2.24) is 0 Å². The Bertz CT molecular complexity index is 356. The molecule has 0 aromatic heterocycles. The quantitative estimate of drug-likeness (QED) is 0.677. The number of hydrogen-bond donors (Lipinski definition) is 0. The summed E-state index contributed by atoms with van der Waals surface area (Å²) in [5, 5.41) is 0.145. The third-order valence-electron chi connectivity index (χ3n) is 2.20. The van der Waals surface area contributed by atoms with E-state index in [1.54, 1.807) is 6.08 Å². The van der Waals surface area contributed by atoms with Gasteiger partial charge in [0.1, 0.15) is 0 Å². The third-order valence-corrected chi connectivity index (χ3v) is 3.33. The fourth-order valence-corrected chi connectivity index (χ4v) is 2.37. The Kier molecular flexibility index (Phi) is 2.00. The molecule has 2 heteroatoms. The molecule has 0 saturated carbocycles. The lowest BCUT2D eigenvalue weighted by atomic mass is 10.0. The molecule has 2 rings (SSSR count). The smallest absolute Gasteiger partial charge is 0.213 e. The van der Waals surface area contributed by atoms with Crippen LogP contribution in [0.3, 0.4) is 0 Å². The largest absolute Gasteiger partial charge is 0.282 e. The second kappa shape index (κ2) is 3.04. The maximum Gasteiger partial charge on any atom is 0.213 e. The van der Waals surface area contributed by atoms with Gasteiger partial charge in [0, 0.05) is 0 Å². The average molecular weight is 190 g/mol. The summed E-state index contributed by atoms with van der Waals surface area (Å²) < 4.78 is -0.154. The van der Waals surface area contributed by atoms with E-state index in [4.69, 9.17) is 0 Å². The Morgan fingerprint density at radius 3 is 2.46 bits per heavy atom. The minimum atomic E-state index is -0.154. The van der Waals surface area contributed by atoms with Crippen LogP contribution in [0.2, 0.25) is 0 Å². The second-order valence-electron chi connectivity index (χ2n) is 3.23. The van der Waals surface area contributed by atoms with E-state index in [0.717, 1.165) is 0 Å². The third kappa shape index (κ3) is 1.54. The number of carbonyl (C=O) groups is 1. The topological polar surface area (TPSA) is 17.1 Å². The van der Waals surface area contributed by atoms with Gasteiger partial charge < -0.3 is 0 Å². The van der Waals surface area contributed by atoms with E-state index in [1.165, 1.54) is 17.3 Å². The summed E-state index contributed by atoms with van der Waals surface area (Å²) in [6, 6.07) is 10.1. The summed E-state index contributed by atoms with van der Waals surface area (Å²) in [6.07, 6.45) is 3.62. The van der Waals surface area contributed by atoms with Crippen LogP contribution in [-0.4, -0.2) is 5.12 Å². The molecule has 1 aromatic carbocycles.